The fourth-order valence-electron chi connectivity index (χ4n) is 1.96. The molecule has 2 rings (SSSR count). The summed E-state index contributed by atoms with van der Waals surface area (Å²) in [5.74, 6) is 0.370. The zero-order chi connectivity index (χ0) is 10.3. The summed E-state index contributed by atoms with van der Waals surface area (Å²) in [5, 5.41) is 10.9. The first-order valence-corrected chi connectivity index (χ1v) is 5.93. The molecule has 1 nitrogen and oxygen atoms in total. The first-order chi connectivity index (χ1) is 6.58. The molecule has 1 aromatic carbocycles. The minimum Gasteiger partial charge on any atom is -0.385 e. The van der Waals surface area contributed by atoms with Crippen LogP contribution in [-0.2, 0) is 5.60 Å². The van der Waals surface area contributed by atoms with Crippen molar-refractivity contribution in [3.63, 3.8) is 0 Å². The fourth-order valence-corrected chi connectivity index (χ4v) is 2.60. The van der Waals surface area contributed by atoms with Crippen LogP contribution in [0.1, 0.15) is 25.3 Å². The van der Waals surface area contributed by atoms with Crippen molar-refractivity contribution >= 4 is 27.5 Å². The molecule has 14 heavy (non-hydrogen) atoms. The van der Waals surface area contributed by atoms with Crippen molar-refractivity contribution in [3.8, 4) is 0 Å². The first kappa shape index (κ1) is 10.5. The van der Waals surface area contributed by atoms with Crippen LogP contribution in [0.3, 0.4) is 0 Å². The fraction of sp³-hybridized carbons (Fsp3) is 0.455. The Morgan fingerprint density at radius 1 is 1.64 bits per heavy atom. The standard InChI is InChI=1S/C11H12BrClO/c1-2-7-6-11(7,14)9-5-8(12)3-4-10(9)13/h3-5,7,14H,2,6H2,1H3. The molecule has 0 saturated heterocycles. The van der Waals surface area contributed by atoms with Gasteiger partial charge in [-0.2, -0.15) is 0 Å². The maximum absolute atomic E-state index is 10.3. The van der Waals surface area contributed by atoms with Gasteiger partial charge in [-0.05, 0) is 30.5 Å². The van der Waals surface area contributed by atoms with Crippen LogP contribution in [0.25, 0.3) is 0 Å². The summed E-state index contributed by atoms with van der Waals surface area (Å²) in [5.41, 5.74) is 0.190. The summed E-state index contributed by atoms with van der Waals surface area (Å²) < 4.78 is 0.965. The molecule has 1 aromatic rings. The van der Waals surface area contributed by atoms with E-state index in [1.165, 1.54) is 0 Å². The Bertz CT molecular complexity index is 366. The van der Waals surface area contributed by atoms with Gasteiger partial charge in [0.2, 0.25) is 0 Å². The van der Waals surface area contributed by atoms with E-state index >= 15 is 0 Å². The van der Waals surface area contributed by atoms with Crippen molar-refractivity contribution in [2.75, 3.05) is 0 Å². The molecule has 3 heteroatoms. The van der Waals surface area contributed by atoms with Crippen LogP contribution in [0.2, 0.25) is 5.02 Å². The van der Waals surface area contributed by atoms with Gasteiger partial charge in [0.25, 0.3) is 0 Å². The highest BCUT2D eigenvalue weighted by atomic mass is 79.9. The van der Waals surface area contributed by atoms with Crippen molar-refractivity contribution < 1.29 is 5.11 Å². The molecule has 1 aliphatic rings. The number of aliphatic hydroxyl groups is 1. The van der Waals surface area contributed by atoms with Gasteiger partial charge < -0.3 is 5.11 Å². The van der Waals surface area contributed by atoms with Gasteiger partial charge in [-0.15, -0.1) is 0 Å². The minimum atomic E-state index is -0.671. The predicted molar refractivity (Wildman–Crippen MR) is 61.4 cm³/mol. The lowest BCUT2D eigenvalue weighted by molar-refractivity contribution is 0.130. The van der Waals surface area contributed by atoms with E-state index in [9.17, 15) is 5.11 Å². The van der Waals surface area contributed by atoms with E-state index in [4.69, 9.17) is 11.6 Å². The van der Waals surface area contributed by atoms with Gasteiger partial charge in [0.05, 0.1) is 5.60 Å². The molecule has 0 aliphatic heterocycles. The third-order valence-corrected chi connectivity index (χ3v) is 3.78. The van der Waals surface area contributed by atoms with Crippen molar-refractivity contribution in [2.45, 2.75) is 25.4 Å². The Kier molecular flexibility index (Phi) is 2.63. The highest BCUT2D eigenvalue weighted by Gasteiger charge is 2.53. The molecular weight excluding hydrogens is 263 g/mol. The molecule has 2 atom stereocenters. The SMILES string of the molecule is CCC1CC1(O)c1cc(Br)ccc1Cl. The Labute approximate surface area is 97.2 Å². The van der Waals surface area contributed by atoms with Crippen molar-refractivity contribution in [3.05, 3.63) is 33.3 Å². The Morgan fingerprint density at radius 2 is 2.36 bits per heavy atom. The Balaban J connectivity index is 2.38. The smallest absolute Gasteiger partial charge is 0.0944 e. The minimum absolute atomic E-state index is 0.370. The van der Waals surface area contributed by atoms with E-state index < -0.39 is 5.60 Å². The first-order valence-electron chi connectivity index (χ1n) is 4.76. The maximum atomic E-state index is 10.3. The molecule has 76 valence electrons. The van der Waals surface area contributed by atoms with Crippen LogP contribution in [-0.4, -0.2) is 5.11 Å². The average Bonchev–Trinajstić information content (AvgIpc) is 2.83. The molecule has 1 fully saturated rings. The monoisotopic (exact) mass is 274 g/mol. The van der Waals surface area contributed by atoms with Crippen LogP contribution in [0.15, 0.2) is 22.7 Å². The van der Waals surface area contributed by atoms with E-state index in [1.54, 1.807) is 0 Å². The lowest BCUT2D eigenvalue weighted by atomic mass is 10.0. The van der Waals surface area contributed by atoms with Gasteiger partial charge in [-0.25, -0.2) is 0 Å². The lowest BCUT2D eigenvalue weighted by Gasteiger charge is -2.12. The Morgan fingerprint density at radius 3 is 2.93 bits per heavy atom. The molecule has 0 radical (unpaired) electrons. The second-order valence-electron chi connectivity index (χ2n) is 3.86. The van der Waals surface area contributed by atoms with Gasteiger partial charge in [0.1, 0.15) is 0 Å². The molecule has 0 amide bonds. The van der Waals surface area contributed by atoms with E-state index in [0.717, 1.165) is 22.9 Å². The molecule has 0 bridgehead atoms. The summed E-state index contributed by atoms with van der Waals surface area (Å²) >= 11 is 9.45. The highest BCUT2D eigenvalue weighted by Crippen LogP contribution is 2.55. The van der Waals surface area contributed by atoms with E-state index in [0.29, 0.717) is 10.9 Å². The number of hydrogen-bond donors (Lipinski definition) is 1. The van der Waals surface area contributed by atoms with Crippen LogP contribution >= 0.6 is 27.5 Å². The molecule has 0 spiro atoms. The van der Waals surface area contributed by atoms with Crippen molar-refractivity contribution in [2.24, 2.45) is 5.92 Å². The van der Waals surface area contributed by atoms with Crippen molar-refractivity contribution in [1.82, 2.24) is 0 Å². The topological polar surface area (TPSA) is 20.2 Å². The van der Waals surface area contributed by atoms with Crippen LogP contribution in [0.5, 0.6) is 0 Å². The van der Waals surface area contributed by atoms with Gasteiger partial charge >= 0.3 is 0 Å². The van der Waals surface area contributed by atoms with Gasteiger partial charge in [-0.1, -0.05) is 40.9 Å². The second kappa shape index (κ2) is 3.51. The largest absolute Gasteiger partial charge is 0.385 e. The summed E-state index contributed by atoms with van der Waals surface area (Å²) in [6.45, 7) is 2.09. The van der Waals surface area contributed by atoms with Crippen LogP contribution in [0.4, 0.5) is 0 Å². The maximum Gasteiger partial charge on any atom is 0.0944 e. The van der Waals surface area contributed by atoms with Gasteiger partial charge in [0, 0.05) is 15.1 Å². The third-order valence-electron chi connectivity index (χ3n) is 2.96. The zero-order valence-corrected chi connectivity index (χ0v) is 10.3. The quantitative estimate of drug-likeness (QED) is 0.872. The molecule has 1 N–H and O–H groups in total. The zero-order valence-electron chi connectivity index (χ0n) is 7.93. The van der Waals surface area contributed by atoms with Gasteiger partial charge in [-0.3, -0.25) is 0 Å². The molecule has 1 saturated carbocycles. The molecule has 2 unspecified atom stereocenters. The van der Waals surface area contributed by atoms with Crippen molar-refractivity contribution in [1.29, 1.82) is 0 Å². The number of hydrogen-bond acceptors (Lipinski definition) is 1. The lowest BCUT2D eigenvalue weighted by Crippen LogP contribution is -2.09. The van der Waals surface area contributed by atoms with Crippen LogP contribution < -0.4 is 0 Å². The van der Waals surface area contributed by atoms with Gasteiger partial charge in [0.15, 0.2) is 0 Å². The molecular formula is C11H12BrClO. The predicted octanol–water partition coefficient (Wildman–Crippen LogP) is 3.72. The summed E-state index contributed by atoms with van der Waals surface area (Å²) in [4.78, 5) is 0. The summed E-state index contributed by atoms with van der Waals surface area (Å²) in [6.07, 6.45) is 1.83. The average molecular weight is 276 g/mol. The number of halogens is 2. The Hall–Kier alpha value is -0.0500. The van der Waals surface area contributed by atoms with E-state index in [-0.39, 0.29) is 0 Å². The number of rotatable bonds is 2. The molecule has 0 heterocycles. The normalized spacial score (nSPS) is 30.4. The van der Waals surface area contributed by atoms with Crippen LogP contribution in [0, 0.1) is 5.92 Å². The van der Waals surface area contributed by atoms with E-state index in [1.807, 2.05) is 18.2 Å². The highest BCUT2D eigenvalue weighted by molar-refractivity contribution is 9.10. The number of benzene rings is 1. The third kappa shape index (κ3) is 1.60. The molecule has 0 aromatic heterocycles. The second-order valence-corrected chi connectivity index (χ2v) is 5.18. The summed E-state index contributed by atoms with van der Waals surface area (Å²) in [7, 11) is 0. The molecule has 1 aliphatic carbocycles. The summed E-state index contributed by atoms with van der Waals surface area (Å²) in [6, 6.07) is 5.63. The van der Waals surface area contributed by atoms with E-state index in [2.05, 4.69) is 22.9 Å².